The third-order valence-electron chi connectivity index (χ3n) is 5.49. The smallest absolute Gasteiger partial charge is 0.142 e. The van der Waals surface area contributed by atoms with Gasteiger partial charge in [0.2, 0.25) is 0 Å². The van der Waals surface area contributed by atoms with Crippen LogP contribution in [0, 0.1) is 24.2 Å². The van der Waals surface area contributed by atoms with Crippen LogP contribution in [0.5, 0.6) is 0 Å². The molecule has 1 aliphatic carbocycles. The SMILES string of the molecule is Cc1nn(C)c(N[C@@H]2CC(Cn3ccnc3-c3ccccc3)C[C@H]2O)c1C#N. The second kappa shape index (κ2) is 7.49. The Labute approximate surface area is 164 Å². The molecule has 7 nitrogen and oxygen atoms in total. The van der Waals surface area contributed by atoms with Gasteiger partial charge in [-0.05, 0) is 25.7 Å². The Kier molecular flexibility index (Phi) is 4.88. The van der Waals surface area contributed by atoms with E-state index in [1.165, 1.54) is 0 Å². The van der Waals surface area contributed by atoms with Gasteiger partial charge < -0.3 is 15.0 Å². The van der Waals surface area contributed by atoms with Crippen LogP contribution in [0.2, 0.25) is 0 Å². The Balaban J connectivity index is 1.48. The molecule has 3 atom stereocenters. The van der Waals surface area contributed by atoms with Crippen LogP contribution in [0.3, 0.4) is 0 Å². The minimum Gasteiger partial charge on any atom is -0.391 e. The maximum atomic E-state index is 10.6. The van der Waals surface area contributed by atoms with E-state index in [9.17, 15) is 10.4 Å². The number of hydrogen-bond donors (Lipinski definition) is 2. The van der Waals surface area contributed by atoms with Crippen LogP contribution < -0.4 is 5.32 Å². The molecule has 1 fully saturated rings. The van der Waals surface area contributed by atoms with E-state index in [0.717, 1.165) is 24.4 Å². The van der Waals surface area contributed by atoms with Crippen LogP contribution in [0.4, 0.5) is 5.82 Å². The summed E-state index contributed by atoms with van der Waals surface area (Å²) in [5.74, 6) is 1.95. The molecule has 28 heavy (non-hydrogen) atoms. The van der Waals surface area contributed by atoms with Crippen LogP contribution in [-0.2, 0) is 13.6 Å². The van der Waals surface area contributed by atoms with Gasteiger partial charge in [-0.2, -0.15) is 10.4 Å². The molecular formula is C21H24N6O. The van der Waals surface area contributed by atoms with Gasteiger partial charge in [0.15, 0.2) is 0 Å². The van der Waals surface area contributed by atoms with E-state index in [1.54, 1.807) is 4.68 Å². The van der Waals surface area contributed by atoms with Crippen molar-refractivity contribution < 1.29 is 5.11 Å². The summed E-state index contributed by atoms with van der Waals surface area (Å²) >= 11 is 0. The Bertz CT molecular complexity index is 1000. The van der Waals surface area contributed by atoms with Gasteiger partial charge in [-0.1, -0.05) is 30.3 Å². The molecule has 1 saturated carbocycles. The third kappa shape index (κ3) is 3.39. The fraction of sp³-hybridized carbons (Fsp3) is 0.381. The maximum Gasteiger partial charge on any atom is 0.142 e. The van der Waals surface area contributed by atoms with Crippen LogP contribution in [0.25, 0.3) is 11.4 Å². The molecule has 2 heterocycles. The number of anilines is 1. The molecule has 2 N–H and O–H groups in total. The lowest BCUT2D eigenvalue weighted by Gasteiger charge is -2.18. The second-order valence-electron chi connectivity index (χ2n) is 7.47. The fourth-order valence-electron chi connectivity index (χ4n) is 4.14. The number of aromatic nitrogens is 4. The topological polar surface area (TPSA) is 91.7 Å². The van der Waals surface area contributed by atoms with E-state index in [1.807, 2.05) is 44.6 Å². The minimum absolute atomic E-state index is 0.101. The highest BCUT2D eigenvalue weighted by Gasteiger charge is 2.34. The summed E-state index contributed by atoms with van der Waals surface area (Å²) in [7, 11) is 1.81. The lowest BCUT2D eigenvalue weighted by atomic mass is 10.1. The lowest BCUT2D eigenvalue weighted by Crippen LogP contribution is -2.29. The zero-order valence-electron chi connectivity index (χ0n) is 16.1. The number of rotatable bonds is 5. The molecule has 0 radical (unpaired) electrons. The summed E-state index contributed by atoms with van der Waals surface area (Å²) < 4.78 is 3.83. The summed E-state index contributed by atoms with van der Waals surface area (Å²) in [5.41, 5.74) is 2.33. The number of nitrogens with one attached hydrogen (secondary N) is 1. The highest BCUT2D eigenvalue weighted by molar-refractivity contribution is 5.56. The summed E-state index contributed by atoms with van der Waals surface area (Å²) in [6.45, 7) is 2.62. The summed E-state index contributed by atoms with van der Waals surface area (Å²) in [4.78, 5) is 4.51. The van der Waals surface area contributed by atoms with E-state index in [2.05, 4.69) is 38.2 Å². The molecular weight excluding hydrogens is 352 g/mol. The van der Waals surface area contributed by atoms with Crippen molar-refractivity contribution in [2.75, 3.05) is 5.32 Å². The van der Waals surface area contributed by atoms with Crippen LogP contribution >= 0.6 is 0 Å². The Morgan fingerprint density at radius 3 is 2.82 bits per heavy atom. The quantitative estimate of drug-likeness (QED) is 0.714. The predicted molar refractivity (Wildman–Crippen MR) is 106 cm³/mol. The van der Waals surface area contributed by atoms with Crippen molar-refractivity contribution in [3.8, 4) is 17.5 Å². The number of aliphatic hydroxyl groups excluding tert-OH is 1. The van der Waals surface area contributed by atoms with E-state index in [4.69, 9.17) is 0 Å². The maximum absolute atomic E-state index is 10.6. The molecule has 4 rings (SSSR count). The van der Waals surface area contributed by atoms with Crippen molar-refractivity contribution in [1.29, 1.82) is 5.26 Å². The molecule has 3 aromatic rings. The molecule has 1 aromatic carbocycles. The Hall–Kier alpha value is -3.11. The van der Waals surface area contributed by atoms with Crippen molar-refractivity contribution >= 4 is 5.82 Å². The zero-order valence-corrected chi connectivity index (χ0v) is 16.1. The van der Waals surface area contributed by atoms with Gasteiger partial charge in [0.1, 0.15) is 23.3 Å². The number of hydrogen-bond acceptors (Lipinski definition) is 5. The summed E-state index contributed by atoms with van der Waals surface area (Å²) in [6.07, 6.45) is 4.88. The highest BCUT2D eigenvalue weighted by Crippen LogP contribution is 2.32. The third-order valence-corrected chi connectivity index (χ3v) is 5.49. The summed E-state index contributed by atoms with van der Waals surface area (Å²) in [6, 6.07) is 12.2. The average molecular weight is 376 g/mol. The van der Waals surface area contributed by atoms with Gasteiger partial charge in [0, 0.05) is 31.5 Å². The van der Waals surface area contributed by atoms with Crippen molar-refractivity contribution in [2.24, 2.45) is 13.0 Å². The standard InChI is InChI=1S/C21H24N6O/c1-14-17(12-22)21(26(2)25-14)24-18-10-15(11-19(18)28)13-27-9-8-23-20(27)16-6-4-3-5-7-16/h3-9,15,18-19,24,28H,10-11,13H2,1-2H3/t15?,18-,19-/m1/s1. The molecule has 2 aromatic heterocycles. The number of aryl methyl sites for hydroxylation is 2. The number of nitrogens with zero attached hydrogens (tertiary/aromatic N) is 5. The highest BCUT2D eigenvalue weighted by atomic mass is 16.3. The molecule has 144 valence electrons. The van der Waals surface area contributed by atoms with Gasteiger partial charge in [-0.3, -0.25) is 4.68 Å². The molecule has 1 aliphatic rings. The zero-order chi connectivity index (χ0) is 19.7. The number of benzene rings is 1. The minimum atomic E-state index is -0.463. The van der Waals surface area contributed by atoms with Gasteiger partial charge in [0.25, 0.3) is 0 Å². The van der Waals surface area contributed by atoms with Gasteiger partial charge >= 0.3 is 0 Å². The predicted octanol–water partition coefficient (Wildman–Crippen LogP) is 2.72. The fourth-order valence-corrected chi connectivity index (χ4v) is 4.14. The number of nitriles is 1. The largest absolute Gasteiger partial charge is 0.391 e. The Morgan fingerprint density at radius 2 is 2.07 bits per heavy atom. The van der Waals surface area contributed by atoms with E-state index in [-0.39, 0.29) is 6.04 Å². The van der Waals surface area contributed by atoms with Crippen LogP contribution in [-0.4, -0.2) is 36.6 Å². The first-order valence-corrected chi connectivity index (χ1v) is 9.51. The number of aliphatic hydroxyl groups is 1. The van der Waals surface area contributed by atoms with Crippen molar-refractivity contribution in [3.63, 3.8) is 0 Å². The van der Waals surface area contributed by atoms with E-state index >= 15 is 0 Å². The first-order chi connectivity index (χ1) is 13.6. The number of imidazole rings is 1. The first-order valence-electron chi connectivity index (χ1n) is 9.51. The average Bonchev–Trinajstić information content (AvgIpc) is 3.35. The monoisotopic (exact) mass is 376 g/mol. The van der Waals surface area contributed by atoms with Crippen LogP contribution in [0.1, 0.15) is 24.1 Å². The van der Waals surface area contributed by atoms with Gasteiger partial charge in [-0.15, -0.1) is 0 Å². The second-order valence-corrected chi connectivity index (χ2v) is 7.47. The first kappa shape index (κ1) is 18.3. The molecule has 0 amide bonds. The van der Waals surface area contributed by atoms with Gasteiger partial charge in [-0.25, -0.2) is 4.98 Å². The van der Waals surface area contributed by atoms with Crippen LogP contribution in [0.15, 0.2) is 42.7 Å². The summed E-state index contributed by atoms with van der Waals surface area (Å²) in [5, 5.41) is 27.7. The molecule has 0 saturated heterocycles. The Morgan fingerprint density at radius 1 is 1.29 bits per heavy atom. The normalized spacial score (nSPS) is 21.6. The van der Waals surface area contributed by atoms with Crippen molar-refractivity contribution in [3.05, 3.63) is 54.0 Å². The molecule has 1 unspecified atom stereocenters. The van der Waals surface area contributed by atoms with E-state index in [0.29, 0.717) is 29.4 Å². The molecule has 0 bridgehead atoms. The molecule has 7 heteroatoms. The van der Waals surface area contributed by atoms with Crippen molar-refractivity contribution in [2.45, 2.75) is 38.5 Å². The van der Waals surface area contributed by atoms with Gasteiger partial charge in [0.05, 0.1) is 17.8 Å². The lowest BCUT2D eigenvalue weighted by molar-refractivity contribution is 0.166. The van der Waals surface area contributed by atoms with E-state index < -0.39 is 6.10 Å². The molecule has 0 spiro atoms. The molecule has 0 aliphatic heterocycles. The van der Waals surface area contributed by atoms with Crippen molar-refractivity contribution in [1.82, 2.24) is 19.3 Å².